The molecule has 3 aromatic rings. The summed E-state index contributed by atoms with van der Waals surface area (Å²) in [5.41, 5.74) is 2.05. The van der Waals surface area contributed by atoms with Gasteiger partial charge < -0.3 is 20.7 Å². The molecule has 0 radical (unpaired) electrons. The van der Waals surface area contributed by atoms with Gasteiger partial charge in [-0.25, -0.2) is 0 Å². The number of hydrogen-bond acceptors (Lipinski definition) is 4. The molecule has 0 aliphatic carbocycles. The highest BCUT2D eigenvalue weighted by Crippen LogP contribution is 2.29. The van der Waals surface area contributed by atoms with Gasteiger partial charge in [0.2, 0.25) is 5.91 Å². The smallest absolute Gasteiger partial charge is 0.237 e. The number of thiocarbonyl (C=S) groups is 1. The minimum Gasteiger partial charge on any atom is -0.495 e. The van der Waals surface area contributed by atoms with Crippen molar-refractivity contribution in [3.63, 3.8) is 0 Å². The number of carbonyl (C=O) groups excluding carboxylic acids is 1. The van der Waals surface area contributed by atoms with Gasteiger partial charge in [0.25, 0.3) is 0 Å². The number of anilines is 3. The summed E-state index contributed by atoms with van der Waals surface area (Å²) in [6.45, 7) is 1.83. The Morgan fingerprint density at radius 3 is 2.53 bits per heavy atom. The summed E-state index contributed by atoms with van der Waals surface area (Å²) in [5.74, 6) is 0.520. The topological polar surface area (TPSA) is 62.4 Å². The lowest BCUT2D eigenvalue weighted by Gasteiger charge is -2.15. The molecule has 3 aromatic carbocycles. The number of thioether (sulfide) groups is 1. The fraction of sp³-hybridized carbons (Fsp3) is 0.130. The Hall–Kier alpha value is -2.45. The average Bonchev–Trinajstić information content (AvgIpc) is 2.76. The lowest BCUT2D eigenvalue weighted by molar-refractivity contribution is -0.115. The number of nitrogens with one attached hydrogen (secondary N) is 3. The molecule has 0 saturated carbocycles. The van der Waals surface area contributed by atoms with Crippen molar-refractivity contribution >= 4 is 75.3 Å². The molecule has 1 amide bonds. The van der Waals surface area contributed by atoms with Crippen molar-refractivity contribution in [3.8, 4) is 5.75 Å². The number of hydrogen-bond donors (Lipinski definition) is 3. The molecule has 0 aliphatic heterocycles. The zero-order valence-electron chi connectivity index (χ0n) is 17.3. The molecule has 0 heterocycles. The molecule has 166 valence electrons. The highest BCUT2D eigenvalue weighted by atomic mass is 35.5. The van der Waals surface area contributed by atoms with Crippen LogP contribution in [0, 0.1) is 0 Å². The number of rotatable bonds is 7. The van der Waals surface area contributed by atoms with Gasteiger partial charge in [0.1, 0.15) is 5.75 Å². The van der Waals surface area contributed by atoms with Crippen molar-refractivity contribution in [2.24, 2.45) is 0 Å². The van der Waals surface area contributed by atoms with Crippen LogP contribution in [-0.4, -0.2) is 23.4 Å². The maximum Gasteiger partial charge on any atom is 0.237 e. The summed E-state index contributed by atoms with van der Waals surface area (Å²) in [7, 11) is 1.61. The molecule has 1 unspecified atom stereocenters. The Bertz CT molecular complexity index is 1130. The highest BCUT2D eigenvalue weighted by molar-refractivity contribution is 8.00. The van der Waals surface area contributed by atoms with Crippen molar-refractivity contribution < 1.29 is 9.53 Å². The van der Waals surface area contributed by atoms with Crippen LogP contribution < -0.4 is 20.7 Å². The maximum absolute atomic E-state index is 12.6. The molecule has 9 heteroatoms. The number of ether oxygens (including phenoxy) is 1. The van der Waals surface area contributed by atoms with E-state index in [-0.39, 0.29) is 11.2 Å². The van der Waals surface area contributed by atoms with E-state index in [0.717, 1.165) is 16.3 Å². The van der Waals surface area contributed by atoms with Crippen LogP contribution in [-0.2, 0) is 4.79 Å². The monoisotopic (exact) mass is 505 g/mol. The zero-order valence-corrected chi connectivity index (χ0v) is 20.5. The number of carbonyl (C=O) groups is 1. The predicted octanol–water partition coefficient (Wildman–Crippen LogP) is 6.93. The molecule has 0 spiro atoms. The van der Waals surface area contributed by atoms with E-state index in [4.69, 9.17) is 40.2 Å². The van der Waals surface area contributed by atoms with Gasteiger partial charge in [-0.15, -0.1) is 11.8 Å². The SMILES string of the molecule is COc1ccccc1NC(=S)Nc1cccc(SC(C)C(=O)Nc2cc(Cl)ccc2Cl)c1. The van der Waals surface area contributed by atoms with E-state index in [2.05, 4.69) is 16.0 Å². The normalized spacial score (nSPS) is 11.4. The van der Waals surface area contributed by atoms with Crippen molar-refractivity contribution in [3.05, 3.63) is 76.8 Å². The minimum absolute atomic E-state index is 0.175. The van der Waals surface area contributed by atoms with Gasteiger partial charge >= 0.3 is 0 Å². The Morgan fingerprint density at radius 2 is 1.75 bits per heavy atom. The van der Waals surface area contributed by atoms with Crippen molar-refractivity contribution in [1.82, 2.24) is 0 Å². The third-order valence-electron chi connectivity index (χ3n) is 4.32. The van der Waals surface area contributed by atoms with E-state index >= 15 is 0 Å². The molecule has 3 rings (SSSR count). The Kier molecular flexibility index (Phi) is 8.64. The molecule has 1 atom stereocenters. The van der Waals surface area contributed by atoms with E-state index < -0.39 is 0 Å². The van der Waals surface area contributed by atoms with Gasteiger partial charge in [-0.3, -0.25) is 4.79 Å². The van der Waals surface area contributed by atoms with Gasteiger partial charge in [-0.1, -0.05) is 41.4 Å². The molecular formula is C23H21Cl2N3O2S2. The highest BCUT2D eigenvalue weighted by Gasteiger charge is 2.16. The molecule has 0 aromatic heterocycles. The lowest BCUT2D eigenvalue weighted by Crippen LogP contribution is -2.22. The summed E-state index contributed by atoms with van der Waals surface area (Å²) in [4.78, 5) is 13.5. The first-order chi connectivity index (χ1) is 15.4. The van der Waals surface area contributed by atoms with Gasteiger partial charge in [0.15, 0.2) is 5.11 Å². The molecule has 32 heavy (non-hydrogen) atoms. The zero-order chi connectivity index (χ0) is 23.1. The summed E-state index contributed by atoms with van der Waals surface area (Å²) in [6.07, 6.45) is 0. The summed E-state index contributed by atoms with van der Waals surface area (Å²) >= 11 is 19.0. The summed E-state index contributed by atoms with van der Waals surface area (Å²) < 4.78 is 5.33. The van der Waals surface area contributed by atoms with E-state index in [9.17, 15) is 4.79 Å². The first-order valence-corrected chi connectivity index (χ1v) is 11.6. The molecular weight excluding hydrogens is 485 g/mol. The third-order valence-corrected chi connectivity index (χ3v) is 6.18. The van der Waals surface area contributed by atoms with Gasteiger partial charge in [-0.2, -0.15) is 0 Å². The van der Waals surface area contributed by atoms with Crippen molar-refractivity contribution in [2.75, 3.05) is 23.1 Å². The number of halogens is 2. The van der Waals surface area contributed by atoms with Gasteiger partial charge in [0, 0.05) is 15.6 Å². The second-order valence-electron chi connectivity index (χ2n) is 6.68. The van der Waals surface area contributed by atoms with Crippen molar-refractivity contribution in [1.29, 1.82) is 0 Å². The van der Waals surface area contributed by atoms with Crippen molar-refractivity contribution in [2.45, 2.75) is 17.1 Å². The molecule has 0 fully saturated rings. The number of para-hydroxylation sites is 2. The molecule has 0 bridgehead atoms. The van der Waals surface area contributed by atoms with Crippen LogP contribution in [0.3, 0.4) is 0 Å². The van der Waals surface area contributed by atoms with Gasteiger partial charge in [-0.05, 0) is 67.7 Å². The lowest BCUT2D eigenvalue weighted by atomic mass is 10.3. The maximum atomic E-state index is 12.6. The minimum atomic E-state index is -0.362. The van der Waals surface area contributed by atoms with Crippen LogP contribution >= 0.6 is 47.2 Å². The Labute approximate surface area is 206 Å². The van der Waals surface area contributed by atoms with E-state index in [1.165, 1.54) is 11.8 Å². The summed E-state index contributed by atoms with van der Waals surface area (Å²) in [5, 5.41) is 10.1. The number of benzene rings is 3. The second kappa shape index (κ2) is 11.4. The summed E-state index contributed by atoms with van der Waals surface area (Å²) in [6, 6.07) is 20.1. The molecule has 3 N–H and O–H groups in total. The largest absolute Gasteiger partial charge is 0.495 e. The van der Waals surface area contributed by atoms with E-state index in [0.29, 0.717) is 26.6 Å². The van der Waals surface area contributed by atoms with Crippen LogP contribution in [0.5, 0.6) is 5.75 Å². The van der Waals surface area contributed by atoms with Crippen LogP contribution in [0.15, 0.2) is 71.6 Å². The number of amides is 1. The predicted molar refractivity (Wildman–Crippen MR) is 140 cm³/mol. The fourth-order valence-corrected chi connectivity index (χ4v) is 4.26. The quantitative estimate of drug-likeness (QED) is 0.239. The number of methoxy groups -OCH3 is 1. The Balaban J connectivity index is 1.61. The fourth-order valence-electron chi connectivity index (χ4n) is 2.77. The molecule has 0 saturated heterocycles. The standard InChI is InChI=1S/C23H21Cl2N3O2S2/c1-14(22(29)27-20-12-15(24)10-11-18(20)25)32-17-7-5-6-16(13-17)26-23(31)28-19-8-3-4-9-21(19)30-2/h3-14H,1-2H3,(H,27,29)(H2,26,28,31). The van der Waals surface area contributed by atoms with Crippen LogP contribution in [0.4, 0.5) is 17.1 Å². The first kappa shape index (κ1) is 24.2. The average molecular weight is 506 g/mol. The molecule has 5 nitrogen and oxygen atoms in total. The second-order valence-corrected chi connectivity index (χ2v) is 9.35. The van der Waals surface area contributed by atoms with Crippen LogP contribution in [0.2, 0.25) is 10.0 Å². The first-order valence-electron chi connectivity index (χ1n) is 9.59. The Morgan fingerprint density at radius 1 is 0.969 bits per heavy atom. The van der Waals surface area contributed by atoms with Gasteiger partial charge in [0.05, 0.1) is 28.8 Å². The molecule has 0 aliphatic rings. The van der Waals surface area contributed by atoms with E-state index in [1.54, 1.807) is 25.3 Å². The third kappa shape index (κ3) is 6.77. The van der Waals surface area contributed by atoms with E-state index in [1.807, 2.05) is 55.5 Å². The van der Waals surface area contributed by atoms with Crippen LogP contribution in [0.25, 0.3) is 0 Å². The van der Waals surface area contributed by atoms with Crippen LogP contribution in [0.1, 0.15) is 6.92 Å².